The molecule has 5 aromatic rings. The molecular formula is C26H21F3N6O3S2. The monoisotopic (exact) mass is 586 g/mol. The predicted octanol–water partition coefficient (Wildman–Crippen LogP) is 5.34. The highest BCUT2D eigenvalue weighted by molar-refractivity contribution is 7.18. The fourth-order valence-electron chi connectivity index (χ4n) is 3.89. The SMILES string of the molecule is O=C(Cc1cccc(OC(F)(F)F)c1)Nc1ccc(CCCCc2nnc(-n3sc4ccccc4c3=O)s2)nn1. The number of aromatic nitrogens is 5. The molecule has 2 aromatic carbocycles. The number of aryl methyl sites for hydroxylation is 2. The van der Waals surface area contributed by atoms with Gasteiger partial charge in [-0.25, -0.2) is 3.96 Å². The van der Waals surface area contributed by atoms with Gasteiger partial charge in [-0.2, -0.15) is 5.10 Å². The highest BCUT2D eigenvalue weighted by Crippen LogP contribution is 2.24. The second kappa shape index (κ2) is 11.9. The molecule has 0 aliphatic carbocycles. The number of unbranched alkanes of at least 4 members (excludes halogenated alkanes) is 1. The van der Waals surface area contributed by atoms with E-state index in [0.29, 0.717) is 28.9 Å². The summed E-state index contributed by atoms with van der Waals surface area (Å²) >= 11 is 2.75. The highest BCUT2D eigenvalue weighted by atomic mass is 32.1. The molecule has 0 radical (unpaired) electrons. The Hall–Kier alpha value is -4.17. The van der Waals surface area contributed by atoms with Gasteiger partial charge in [0.25, 0.3) is 5.56 Å². The van der Waals surface area contributed by atoms with Crippen molar-refractivity contribution in [2.75, 3.05) is 5.32 Å². The number of amides is 1. The van der Waals surface area contributed by atoms with Crippen molar-refractivity contribution in [3.05, 3.63) is 87.3 Å². The summed E-state index contributed by atoms with van der Waals surface area (Å²) in [5, 5.41) is 21.2. The lowest BCUT2D eigenvalue weighted by atomic mass is 10.1. The van der Waals surface area contributed by atoms with E-state index >= 15 is 0 Å². The van der Waals surface area contributed by atoms with Gasteiger partial charge in [-0.1, -0.05) is 35.6 Å². The van der Waals surface area contributed by atoms with Gasteiger partial charge in [-0.15, -0.1) is 28.5 Å². The van der Waals surface area contributed by atoms with Gasteiger partial charge in [0.2, 0.25) is 11.0 Å². The van der Waals surface area contributed by atoms with Crippen LogP contribution in [0.25, 0.3) is 15.2 Å². The first-order chi connectivity index (χ1) is 19.2. The van der Waals surface area contributed by atoms with Crippen molar-refractivity contribution in [3.8, 4) is 10.9 Å². The Labute approximate surface area is 233 Å². The molecule has 1 N–H and O–H groups in total. The fourth-order valence-corrected chi connectivity index (χ4v) is 5.79. The number of alkyl halides is 3. The highest BCUT2D eigenvalue weighted by Gasteiger charge is 2.31. The van der Waals surface area contributed by atoms with Crippen LogP contribution in [0.5, 0.6) is 5.75 Å². The molecule has 0 aliphatic rings. The van der Waals surface area contributed by atoms with E-state index in [1.165, 1.54) is 41.1 Å². The van der Waals surface area contributed by atoms with Gasteiger partial charge < -0.3 is 10.1 Å². The van der Waals surface area contributed by atoms with Crippen LogP contribution < -0.4 is 15.6 Å². The maximum atomic E-state index is 12.6. The minimum absolute atomic E-state index is 0.0914. The Morgan fingerprint density at radius 1 is 0.950 bits per heavy atom. The molecule has 0 atom stereocenters. The van der Waals surface area contributed by atoms with Crippen molar-refractivity contribution in [2.24, 2.45) is 0 Å². The molecule has 0 saturated heterocycles. The number of carbonyl (C=O) groups excluding carboxylic acids is 1. The average Bonchev–Trinajstić information content (AvgIpc) is 3.51. The van der Waals surface area contributed by atoms with Gasteiger partial charge in [-0.3, -0.25) is 9.59 Å². The first-order valence-electron chi connectivity index (χ1n) is 12.1. The van der Waals surface area contributed by atoms with Crippen molar-refractivity contribution >= 4 is 44.7 Å². The number of ether oxygens (including phenoxy) is 1. The maximum absolute atomic E-state index is 12.6. The number of anilines is 1. The van der Waals surface area contributed by atoms with E-state index in [2.05, 4.69) is 30.4 Å². The molecule has 5 rings (SSSR count). The zero-order chi connectivity index (χ0) is 28.1. The van der Waals surface area contributed by atoms with Gasteiger partial charge >= 0.3 is 6.36 Å². The van der Waals surface area contributed by atoms with Crippen molar-refractivity contribution in [2.45, 2.75) is 38.5 Å². The Morgan fingerprint density at radius 3 is 2.55 bits per heavy atom. The Morgan fingerprint density at radius 2 is 1.77 bits per heavy atom. The molecule has 0 bridgehead atoms. The number of carbonyl (C=O) groups is 1. The Balaban J connectivity index is 1.07. The fraction of sp³-hybridized carbons (Fsp3) is 0.231. The van der Waals surface area contributed by atoms with Crippen LogP contribution in [0.15, 0.2) is 65.5 Å². The lowest BCUT2D eigenvalue weighted by molar-refractivity contribution is -0.274. The Kier molecular flexibility index (Phi) is 8.16. The van der Waals surface area contributed by atoms with Gasteiger partial charge in [0.1, 0.15) is 10.8 Å². The number of benzene rings is 2. The van der Waals surface area contributed by atoms with E-state index in [0.717, 1.165) is 34.3 Å². The van der Waals surface area contributed by atoms with Gasteiger partial charge in [0.05, 0.1) is 22.2 Å². The van der Waals surface area contributed by atoms with Crippen LogP contribution in [0.4, 0.5) is 19.0 Å². The third kappa shape index (κ3) is 7.07. The number of nitrogens with zero attached hydrogens (tertiary/aromatic N) is 5. The van der Waals surface area contributed by atoms with E-state index in [1.54, 1.807) is 22.2 Å². The zero-order valence-corrected chi connectivity index (χ0v) is 22.4. The van der Waals surface area contributed by atoms with Crippen molar-refractivity contribution in [3.63, 3.8) is 0 Å². The molecule has 9 nitrogen and oxygen atoms in total. The second-order valence-corrected chi connectivity index (χ2v) is 10.7. The van der Waals surface area contributed by atoms with Crippen LogP contribution in [0.3, 0.4) is 0 Å². The topological polar surface area (TPSA) is 112 Å². The molecule has 1 amide bonds. The number of fused-ring (bicyclic) bond motifs is 1. The first kappa shape index (κ1) is 27.4. The zero-order valence-electron chi connectivity index (χ0n) is 20.7. The molecule has 3 aromatic heterocycles. The minimum atomic E-state index is -4.80. The van der Waals surface area contributed by atoms with Crippen molar-refractivity contribution in [1.82, 2.24) is 24.4 Å². The van der Waals surface area contributed by atoms with Crippen LogP contribution in [0, 0.1) is 0 Å². The van der Waals surface area contributed by atoms with Crippen LogP contribution >= 0.6 is 22.9 Å². The summed E-state index contributed by atoms with van der Waals surface area (Å²) in [7, 11) is 0. The molecule has 0 fully saturated rings. The molecule has 0 spiro atoms. The van der Waals surface area contributed by atoms with E-state index in [-0.39, 0.29) is 23.5 Å². The third-order valence-electron chi connectivity index (χ3n) is 5.68. The lowest BCUT2D eigenvalue weighted by Crippen LogP contribution is -2.18. The Bertz CT molecular complexity index is 1680. The lowest BCUT2D eigenvalue weighted by Gasteiger charge is -2.10. The normalized spacial score (nSPS) is 11.6. The minimum Gasteiger partial charge on any atom is -0.406 e. The second-order valence-electron chi connectivity index (χ2n) is 8.70. The van der Waals surface area contributed by atoms with Crippen molar-refractivity contribution in [1.29, 1.82) is 0 Å². The summed E-state index contributed by atoms with van der Waals surface area (Å²) in [6, 6.07) is 16.1. The molecule has 0 aliphatic heterocycles. The van der Waals surface area contributed by atoms with Gasteiger partial charge in [-0.05, 0) is 72.8 Å². The van der Waals surface area contributed by atoms with Crippen LogP contribution in [0.2, 0.25) is 0 Å². The number of hydrogen-bond acceptors (Lipinski definition) is 9. The molecular weight excluding hydrogens is 565 g/mol. The van der Waals surface area contributed by atoms with Crippen molar-refractivity contribution < 1.29 is 22.7 Å². The van der Waals surface area contributed by atoms with E-state index in [1.807, 2.05) is 18.2 Å². The number of halogens is 3. The van der Waals surface area contributed by atoms with E-state index in [4.69, 9.17) is 0 Å². The molecule has 3 heterocycles. The smallest absolute Gasteiger partial charge is 0.406 e. The van der Waals surface area contributed by atoms with E-state index in [9.17, 15) is 22.8 Å². The maximum Gasteiger partial charge on any atom is 0.573 e. The van der Waals surface area contributed by atoms with Gasteiger partial charge in [0.15, 0.2) is 5.82 Å². The first-order valence-corrected chi connectivity index (χ1v) is 13.7. The summed E-state index contributed by atoms with van der Waals surface area (Å²) in [5.41, 5.74) is 1.03. The summed E-state index contributed by atoms with van der Waals surface area (Å²) in [6.07, 6.45) is -1.89. The quantitative estimate of drug-likeness (QED) is 0.220. The summed E-state index contributed by atoms with van der Waals surface area (Å²) in [5.74, 6) is -0.588. The predicted molar refractivity (Wildman–Crippen MR) is 145 cm³/mol. The van der Waals surface area contributed by atoms with Gasteiger partial charge in [0, 0.05) is 6.42 Å². The molecule has 14 heteroatoms. The van der Waals surface area contributed by atoms with E-state index < -0.39 is 12.3 Å². The summed E-state index contributed by atoms with van der Waals surface area (Å²) < 4.78 is 43.6. The number of nitrogens with one attached hydrogen (secondary N) is 1. The van der Waals surface area contributed by atoms with Crippen LogP contribution in [0.1, 0.15) is 29.1 Å². The largest absolute Gasteiger partial charge is 0.573 e. The summed E-state index contributed by atoms with van der Waals surface area (Å²) in [4.78, 5) is 24.9. The van der Waals surface area contributed by atoms with Crippen LogP contribution in [-0.2, 0) is 24.1 Å². The van der Waals surface area contributed by atoms with Crippen LogP contribution in [-0.4, -0.2) is 36.6 Å². The summed E-state index contributed by atoms with van der Waals surface area (Å²) in [6.45, 7) is 0. The standard InChI is InChI=1S/C26H21F3N6O3S2/c27-26(28,29)38-18-8-5-6-16(14-18)15-22(36)30-21-13-12-17(31-32-21)7-1-4-11-23-33-34-25(39-23)35-24(37)19-9-2-3-10-20(19)40-35/h2-3,5-6,8-10,12-14H,1,4,7,11,15H2,(H,30,32,36). The third-order valence-corrected chi connectivity index (χ3v) is 7.84. The molecule has 0 saturated carbocycles. The number of rotatable bonds is 10. The number of hydrogen-bond donors (Lipinski definition) is 1. The average molecular weight is 587 g/mol. The molecule has 206 valence electrons. The molecule has 0 unspecified atom stereocenters. The molecule has 40 heavy (non-hydrogen) atoms.